The average Bonchev–Trinajstić information content (AvgIpc) is 2.66. The number of rotatable bonds is 0. The van der Waals surface area contributed by atoms with Gasteiger partial charge in [-0.2, -0.15) is 0 Å². The maximum Gasteiger partial charge on any atom is 0.0594 e. The Morgan fingerprint density at radius 3 is 2.00 bits per heavy atom. The molecule has 1 heteroatoms. The van der Waals surface area contributed by atoms with E-state index in [4.69, 9.17) is 0 Å². The average molecular weight is 427 g/mol. The fourth-order valence-corrected chi connectivity index (χ4v) is 10.8. The van der Waals surface area contributed by atoms with E-state index in [1.165, 1.54) is 57.8 Å². The van der Waals surface area contributed by atoms with Crippen LogP contribution in [0.1, 0.15) is 120 Å². The minimum atomic E-state index is -0.122. The summed E-state index contributed by atoms with van der Waals surface area (Å²) in [4.78, 5) is 0. The molecule has 5 aliphatic rings. The largest absolute Gasteiger partial charge is 0.393 e. The Bertz CT molecular complexity index is 790. The number of aliphatic hydroxyl groups excluding tert-OH is 1. The molecule has 0 aromatic rings. The predicted molar refractivity (Wildman–Crippen MR) is 131 cm³/mol. The molecule has 0 heterocycles. The molecule has 5 aliphatic carbocycles. The Morgan fingerprint density at radius 1 is 0.710 bits per heavy atom. The van der Waals surface area contributed by atoms with Crippen molar-refractivity contribution < 1.29 is 5.11 Å². The highest BCUT2D eigenvalue weighted by atomic mass is 16.3. The van der Waals surface area contributed by atoms with Gasteiger partial charge in [0, 0.05) is 0 Å². The zero-order chi connectivity index (χ0) is 22.7. The van der Waals surface area contributed by atoms with Crippen LogP contribution in [0.2, 0.25) is 0 Å². The van der Waals surface area contributed by atoms with Crippen LogP contribution in [0.3, 0.4) is 0 Å². The first-order valence-corrected chi connectivity index (χ1v) is 13.6. The van der Waals surface area contributed by atoms with Crippen LogP contribution in [0.15, 0.2) is 11.6 Å². The van der Waals surface area contributed by atoms with Crippen LogP contribution in [0.5, 0.6) is 0 Å². The summed E-state index contributed by atoms with van der Waals surface area (Å²) in [6.07, 6.45) is 15.8. The molecule has 5 rings (SSSR count). The number of aliphatic hydroxyl groups is 1. The third-order valence-electron chi connectivity index (χ3n) is 12.7. The van der Waals surface area contributed by atoms with Crippen molar-refractivity contribution in [2.24, 2.45) is 50.2 Å². The van der Waals surface area contributed by atoms with Gasteiger partial charge in [0.1, 0.15) is 0 Å². The lowest BCUT2D eigenvalue weighted by Crippen LogP contribution is -2.63. The first-order chi connectivity index (χ1) is 14.2. The lowest BCUT2D eigenvalue weighted by molar-refractivity contribution is -0.184. The van der Waals surface area contributed by atoms with Crippen LogP contribution >= 0.6 is 0 Å². The van der Waals surface area contributed by atoms with E-state index in [9.17, 15) is 5.11 Å². The first kappa shape index (κ1) is 22.5. The van der Waals surface area contributed by atoms with E-state index < -0.39 is 0 Å². The van der Waals surface area contributed by atoms with Crippen molar-refractivity contribution in [3.05, 3.63) is 11.6 Å². The predicted octanol–water partition coefficient (Wildman–Crippen LogP) is 8.17. The quantitative estimate of drug-likeness (QED) is 0.387. The Labute approximate surface area is 192 Å². The number of hydrogen-bond acceptors (Lipinski definition) is 1. The summed E-state index contributed by atoms with van der Waals surface area (Å²) in [6, 6.07) is 0. The molecule has 8 atom stereocenters. The topological polar surface area (TPSA) is 20.2 Å². The smallest absolute Gasteiger partial charge is 0.0594 e. The van der Waals surface area contributed by atoms with Crippen LogP contribution in [-0.4, -0.2) is 11.2 Å². The van der Waals surface area contributed by atoms with Gasteiger partial charge in [-0.05, 0) is 114 Å². The summed E-state index contributed by atoms with van der Waals surface area (Å²) in [5.74, 6) is 2.29. The molecule has 3 unspecified atom stereocenters. The summed E-state index contributed by atoms with van der Waals surface area (Å²) in [5.41, 5.74) is 4.07. The molecule has 0 saturated heterocycles. The molecule has 0 amide bonds. The Hall–Kier alpha value is -0.300. The first-order valence-electron chi connectivity index (χ1n) is 13.6. The van der Waals surface area contributed by atoms with Gasteiger partial charge in [-0.15, -0.1) is 0 Å². The van der Waals surface area contributed by atoms with Gasteiger partial charge in [0.25, 0.3) is 0 Å². The van der Waals surface area contributed by atoms with E-state index in [2.05, 4.69) is 61.5 Å². The summed E-state index contributed by atoms with van der Waals surface area (Å²) in [6.45, 7) is 20.4. The van der Waals surface area contributed by atoms with Crippen molar-refractivity contribution in [1.29, 1.82) is 0 Å². The van der Waals surface area contributed by atoms with E-state index in [0.29, 0.717) is 33.0 Å². The van der Waals surface area contributed by atoms with Crippen LogP contribution in [0.25, 0.3) is 0 Å². The third-order valence-corrected chi connectivity index (χ3v) is 12.7. The van der Waals surface area contributed by atoms with Gasteiger partial charge < -0.3 is 5.11 Å². The zero-order valence-electron chi connectivity index (χ0n) is 21.9. The fourth-order valence-electron chi connectivity index (χ4n) is 10.8. The van der Waals surface area contributed by atoms with Crippen LogP contribution in [-0.2, 0) is 0 Å². The SMILES string of the molecule is CC1(C)CC[C@]2(C)CC=C3[C@]4(C)CCC5C(C)(C)[C@H](O)CC[C@]5(C)C4CC[C@@]3(C)C2C1. The molecule has 176 valence electrons. The summed E-state index contributed by atoms with van der Waals surface area (Å²) in [7, 11) is 0. The highest BCUT2D eigenvalue weighted by Crippen LogP contribution is 2.74. The molecule has 1 N–H and O–H groups in total. The number of hydrogen-bond donors (Lipinski definition) is 1. The van der Waals surface area contributed by atoms with Gasteiger partial charge in [0.2, 0.25) is 0 Å². The highest BCUT2D eigenvalue weighted by molar-refractivity contribution is 5.34. The van der Waals surface area contributed by atoms with Crippen LogP contribution in [0, 0.1) is 50.2 Å². The van der Waals surface area contributed by atoms with Crippen molar-refractivity contribution in [1.82, 2.24) is 0 Å². The van der Waals surface area contributed by atoms with Crippen molar-refractivity contribution in [3.8, 4) is 0 Å². The Kier molecular flexibility index (Phi) is 4.66. The summed E-state index contributed by atoms with van der Waals surface area (Å²) >= 11 is 0. The molecule has 0 spiro atoms. The van der Waals surface area contributed by atoms with E-state index in [1.54, 1.807) is 0 Å². The van der Waals surface area contributed by atoms with Gasteiger partial charge in [-0.1, -0.05) is 67.0 Å². The maximum absolute atomic E-state index is 10.9. The van der Waals surface area contributed by atoms with Gasteiger partial charge in [0.05, 0.1) is 6.10 Å². The normalized spacial score (nSPS) is 55.2. The molecule has 0 aromatic carbocycles. The van der Waals surface area contributed by atoms with Gasteiger partial charge in [0.15, 0.2) is 0 Å². The second kappa shape index (κ2) is 6.43. The molecule has 0 bridgehead atoms. The Morgan fingerprint density at radius 2 is 1.32 bits per heavy atom. The van der Waals surface area contributed by atoms with Crippen LogP contribution in [0.4, 0.5) is 0 Å². The number of allylic oxidation sites excluding steroid dienone is 2. The van der Waals surface area contributed by atoms with Crippen molar-refractivity contribution in [2.75, 3.05) is 0 Å². The van der Waals surface area contributed by atoms with Crippen molar-refractivity contribution in [2.45, 2.75) is 126 Å². The van der Waals surface area contributed by atoms with E-state index >= 15 is 0 Å². The fraction of sp³-hybridized carbons (Fsp3) is 0.933. The minimum absolute atomic E-state index is 0.0575. The van der Waals surface area contributed by atoms with Gasteiger partial charge in [-0.3, -0.25) is 0 Å². The lowest BCUT2D eigenvalue weighted by Gasteiger charge is -2.70. The number of fused-ring (bicyclic) bond motifs is 7. The Balaban J connectivity index is 1.56. The van der Waals surface area contributed by atoms with Gasteiger partial charge >= 0.3 is 0 Å². The molecular formula is C30H50O. The second-order valence-electron chi connectivity index (χ2n) is 15.3. The lowest BCUT2D eigenvalue weighted by atomic mass is 9.35. The van der Waals surface area contributed by atoms with Crippen molar-refractivity contribution >= 4 is 0 Å². The highest BCUT2D eigenvalue weighted by Gasteiger charge is 2.66. The molecule has 31 heavy (non-hydrogen) atoms. The van der Waals surface area contributed by atoms with Crippen molar-refractivity contribution in [3.63, 3.8) is 0 Å². The maximum atomic E-state index is 10.9. The minimum Gasteiger partial charge on any atom is -0.393 e. The summed E-state index contributed by atoms with van der Waals surface area (Å²) in [5, 5.41) is 10.9. The van der Waals surface area contributed by atoms with E-state index in [1.807, 2.05) is 5.57 Å². The molecule has 4 fully saturated rings. The molecule has 4 saturated carbocycles. The van der Waals surface area contributed by atoms with Crippen LogP contribution < -0.4 is 0 Å². The standard InChI is InChI=1S/C30H50O/c1-25(2)17-18-27(5)13-9-21-29(7)14-10-20-26(3,4)24(31)12-16-28(20,6)22(29)11-15-30(21,8)23(27)19-25/h9,20,22-24,31H,10-19H2,1-8H3/t20?,22?,23?,24-,27+,28+,29+,30-/m1/s1. The monoisotopic (exact) mass is 426 g/mol. The molecule has 0 aromatic heterocycles. The molecular weight excluding hydrogens is 376 g/mol. The van der Waals surface area contributed by atoms with E-state index in [-0.39, 0.29) is 11.5 Å². The third kappa shape index (κ3) is 2.83. The van der Waals surface area contributed by atoms with Gasteiger partial charge in [-0.25, -0.2) is 0 Å². The van der Waals surface area contributed by atoms with E-state index in [0.717, 1.165) is 18.3 Å². The zero-order valence-corrected chi connectivity index (χ0v) is 21.9. The summed E-state index contributed by atoms with van der Waals surface area (Å²) < 4.78 is 0. The molecule has 0 radical (unpaired) electrons. The second-order valence-corrected chi connectivity index (χ2v) is 15.3. The molecule has 0 aliphatic heterocycles. The molecule has 1 nitrogen and oxygen atoms in total.